The second-order valence-corrected chi connectivity index (χ2v) is 7.30. The number of fused-ring (bicyclic) bond motifs is 2. The van der Waals surface area contributed by atoms with E-state index in [9.17, 15) is 9.18 Å². The molecule has 1 aliphatic heterocycles. The molecule has 1 aromatic rings. The van der Waals surface area contributed by atoms with Crippen LogP contribution in [0.3, 0.4) is 0 Å². The molecule has 1 saturated carbocycles. The Morgan fingerprint density at radius 1 is 1.22 bits per heavy atom. The fourth-order valence-corrected chi connectivity index (χ4v) is 4.53. The van der Waals surface area contributed by atoms with Gasteiger partial charge in [0.25, 0.3) is 5.91 Å². The highest BCUT2D eigenvalue weighted by Gasteiger charge is 2.38. The minimum Gasteiger partial charge on any atom is -0.332 e. The fourth-order valence-electron chi connectivity index (χ4n) is 4.53. The Labute approximate surface area is 136 Å². The van der Waals surface area contributed by atoms with E-state index in [1.807, 2.05) is 4.90 Å². The molecule has 0 spiro atoms. The number of halogens is 1. The van der Waals surface area contributed by atoms with Crippen LogP contribution in [0.1, 0.15) is 23.2 Å². The molecule has 1 N–H and O–H groups in total. The van der Waals surface area contributed by atoms with Crippen molar-refractivity contribution < 1.29 is 14.1 Å². The zero-order valence-corrected chi connectivity index (χ0v) is 13.4. The molecule has 3 nitrogen and oxygen atoms in total. The summed E-state index contributed by atoms with van der Waals surface area (Å²) in [4.78, 5) is 15.9. The number of hydrogen-bond donors (Lipinski definition) is 1. The number of nitrogens with one attached hydrogen (secondary N) is 1. The highest BCUT2D eigenvalue weighted by Crippen LogP contribution is 2.42. The Kier molecular flexibility index (Phi) is 3.93. The number of carbonyl (C=O) groups excluding carboxylic acids is 1. The van der Waals surface area contributed by atoms with Crippen molar-refractivity contribution >= 4 is 5.91 Å². The van der Waals surface area contributed by atoms with Gasteiger partial charge in [0.15, 0.2) is 0 Å². The normalized spacial score (nSPS) is 30.1. The summed E-state index contributed by atoms with van der Waals surface area (Å²) in [5, 5.41) is 0. The summed E-state index contributed by atoms with van der Waals surface area (Å²) < 4.78 is 13.3. The van der Waals surface area contributed by atoms with Crippen LogP contribution in [0.5, 0.6) is 0 Å². The van der Waals surface area contributed by atoms with Crippen molar-refractivity contribution in [3.63, 3.8) is 0 Å². The Balaban J connectivity index is 1.30. The number of rotatable bonds is 3. The summed E-state index contributed by atoms with van der Waals surface area (Å²) in [5.74, 6) is 2.10. The standard InChI is InChI=1S/C19H23FN2O/c20-18-3-1-2-16(12-18)19(23)22-8-6-21(7-9-22)13-17-11-14-4-5-15(17)10-14/h1-5,12,14-15,17H,6-11,13H2/p+1/t14-,15-,17+/m0/s1. The van der Waals surface area contributed by atoms with E-state index in [2.05, 4.69) is 12.2 Å². The van der Waals surface area contributed by atoms with E-state index < -0.39 is 0 Å². The molecule has 1 saturated heterocycles. The number of allylic oxidation sites excluding steroid dienone is 2. The molecule has 4 heteroatoms. The van der Waals surface area contributed by atoms with E-state index in [4.69, 9.17) is 0 Å². The smallest absolute Gasteiger partial charge is 0.254 e. The summed E-state index contributed by atoms with van der Waals surface area (Å²) in [7, 11) is 0. The third-order valence-corrected chi connectivity index (χ3v) is 5.80. The Morgan fingerprint density at radius 3 is 2.70 bits per heavy atom. The lowest BCUT2D eigenvalue weighted by Crippen LogP contribution is -3.15. The maximum atomic E-state index is 13.3. The lowest BCUT2D eigenvalue weighted by Gasteiger charge is -2.34. The van der Waals surface area contributed by atoms with Crippen molar-refractivity contribution in [3.8, 4) is 0 Å². The Morgan fingerprint density at radius 2 is 2.04 bits per heavy atom. The third kappa shape index (κ3) is 3.05. The van der Waals surface area contributed by atoms with E-state index in [1.54, 1.807) is 17.0 Å². The van der Waals surface area contributed by atoms with E-state index in [0.717, 1.165) is 43.9 Å². The van der Waals surface area contributed by atoms with Crippen LogP contribution in [-0.2, 0) is 0 Å². The number of carbonyl (C=O) groups is 1. The molecule has 2 aliphatic carbocycles. The molecule has 0 aromatic heterocycles. The van der Waals surface area contributed by atoms with Crippen LogP contribution in [0.25, 0.3) is 0 Å². The molecule has 1 amide bonds. The Hall–Kier alpha value is -1.68. The fraction of sp³-hybridized carbons (Fsp3) is 0.526. The number of hydrogen-bond acceptors (Lipinski definition) is 1. The van der Waals surface area contributed by atoms with Crippen LogP contribution >= 0.6 is 0 Å². The second-order valence-electron chi connectivity index (χ2n) is 7.30. The molecule has 1 aromatic carbocycles. The molecule has 4 rings (SSSR count). The first kappa shape index (κ1) is 14.9. The lowest BCUT2D eigenvalue weighted by atomic mass is 9.93. The van der Waals surface area contributed by atoms with Gasteiger partial charge in [-0.05, 0) is 42.9 Å². The molecule has 23 heavy (non-hydrogen) atoms. The maximum absolute atomic E-state index is 13.3. The molecular weight excluding hydrogens is 291 g/mol. The van der Waals surface area contributed by atoms with E-state index in [1.165, 1.54) is 31.5 Å². The van der Waals surface area contributed by atoms with Crippen molar-refractivity contribution in [2.24, 2.45) is 17.8 Å². The highest BCUT2D eigenvalue weighted by atomic mass is 19.1. The van der Waals surface area contributed by atoms with Crippen molar-refractivity contribution in [2.45, 2.75) is 12.8 Å². The van der Waals surface area contributed by atoms with Gasteiger partial charge in [-0.3, -0.25) is 4.79 Å². The van der Waals surface area contributed by atoms with Crippen LogP contribution in [-0.4, -0.2) is 43.5 Å². The average molecular weight is 315 g/mol. The molecule has 3 atom stereocenters. The predicted molar refractivity (Wildman–Crippen MR) is 86.7 cm³/mol. The zero-order chi connectivity index (χ0) is 15.8. The average Bonchev–Trinajstić information content (AvgIpc) is 3.18. The number of amides is 1. The Bertz CT molecular complexity index is 622. The van der Waals surface area contributed by atoms with E-state index >= 15 is 0 Å². The van der Waals surface area contributed by atoms with Gasteiger partial charge >= 0.3 is 0 Å². The van der Waals surface area contributed by atoms with Crippen LogP contribution in [0.4, 0.5) is 4.39 Å². The minimum absolute atomic E-state index is 0.0357. The quantitative estimate of drug-likeness (QED) is 0.838. The summed E-state index contributed by atoms with van der Waals surface area (Å²) in [6.45, 7) is 4.83. The third-order valence-electron chi connectivity index (χ3n) is 5.80. The van der Waals surface area contributed by atoms with E-state index in [-0.39, 0.29) is 11.7 Å². The first-order valence-electron chi connectivity index (χ1n) is 8.76. The van der Waals surface area contributed by atoms with Gasteiger partial charge in [-0.1, -0.05) is 18.2 Å². The van der Waals surface area contributed by atoms with Gasteiger partial charge in [0, 0.05) is 11.5 Å². The highest BCUT2D eigenvalue weighted by molar-refractivity contribution is 5.94. The van der Waals surface area contributed by atoms with Gasteiger partial charge in [-0.15, -0.1) is 0 Å². The maximum Gasteiger partial charge on any atom is 0.254 e. The van der Waals surface area contributed by atoms with Crippen molar-refractivity contribution in [2.75, 3.05) is 32.7 Å². The molecular formula is C19H24FN2O+. The monoisotopic (exact) mass is 315 g/mol. The van der Waals surface area contributed by atoms with E-state index in [0.29, 0.717) is 5.56 Å². The number of piperazine rings is 1. The molecule has 3 aliphatic rings. The van der Waals surface area contributed by atoms with Gasteiger partial charge in [0.1, 0.15) is 5.82 Å². The molecule has 0 radical (unpaired) electrons. The first-order chi connectivity index (χ1) is 11.2. The van der Waals surface area contributed by atoms with Gasteiger partial charge in [-0.2, -0.15) is 0 Å². The van der Waals surface area contributed by atoms with Crippen molar-refractivity contribution in [3.05, 3.63) is 47.8 Å². The first-order valence-corrected chi connectivity index (χ1v) is 8.76. The zero-order valence-electron chi connectivity index (χ0n) is 13.4. The molecule has 0 unspecified atom stereocenters. The van der Waals surface area contributed by atoms with Crippen LogP contribution in [0.15, 0.2) is 36.4 Å². The van der Waals surface area contributed by atoms with Crippen LogP contribution in [0, 0.1) is 23.6 Å². The van der Waals surface area contributed by atoms with Crippen LogP contribution in [0.2, 0.25) is 0 Å². The number of nitrogens with zero attached hydrogens (tertiary/aromatic N) is 1. The summed E-state index contributed by atoms with van der Waals surface area (Å²) in [5.41, 5.74) is 0.465. The van der Waals surface area contributed by atoms with Crippen molar-refractivity contribution in [1.82, 2.24) is 4.90 Å². The van der Waals surface area contributed by atoms with Gasteiger partial charge in [-0.25, -0.2) is 4.39 Å². The molecule has 1 heterocycles. The topological polar surface area (TPSA) is 24.8 Å². The van der Waals surface area contributed by atoms with Crippen LogP contribution < -0.4 is 4.90 Å². The molecule has 122 valence electrons. The van der Waals surface area contributed by atoms with Gasteiger partial charge < -0.3 is 9.80 Å². The minimum atomic E-state index is -0.343. The lowest BCUT2D eigenvalue weighted by molar-refractivity contribution is -0.907. The summed E-state index contributed by atoms with van der Waals surface area (Å²) in [6, 6.07) is 6.02. The van der Waals surface area contributed by atoms with Gasteiger partial charge in [0.2, 0.25) is 0 Å². The summed E-state index contributed by atoms with van der Waals surface area (Å²) >= 11 is 0. The number of quaternary nitrogens is 1. The van der Waals surface area contributed by atoms with Crippen molar-refractivity contribution in [1.29, 1.82) is 0 Å². The molecule has 2 fully saturated rings. The molecule has 2 bridgehead atoms. The summed E-state index contributed by atoms with van der Waals surface area (Å²) in [6.07, 6.45) is 7.53. The number of benzene rings is 1. The SMILES string of the molecule is O=C(c1cccc(F)c1)N1CC[NH+](C[C@H]2C[C@H]3C=C[C@H]2C3)CC1. The second kappa shape index (κ2) is 6.08. The largest absolute Gasteiger partial charge is 0.332 e. The van der Waals surface area contributed by atoms with Gasteiger partial charge in [0.05, 0.1) is 32.7 Å². The predicted octanol–water partition coefficient (Wildman–Crippen LogP) is 1.38.